The molecule has 6 nitrogen and oxygen atoms in total. The van der Waals surface area contributed by atoms with Gasteiger partial charge in [0.1, 0.15) is 0 Å². The van der Waals surface area contributed by atoms with Gasteiger partial charge in [0, 0.05) is 18.7 Å². The number of carboxylic acids is 1. The topological polar surface area (TPSA) is 79.8 Å². The molecule has 0 aliphatic carbocycles. The first-order valence-corrected chi connectivity index (χ1v) is 4.86. The molecule has 2 rings (SSSR count). The van der Waals surface area contributed by atoms with Crippen molar-refractivity contribution in [2.24, 2.45) is 0 Å². The van der Waals surface area contributed by atoms with Crippen LogP contribution in [0.3, 0.4) is 0 Å². The summed E-state index contributed by atoms with van der Waals surface area (Å²) in [5, 5.41) is 9.24. The zero-order valence-electron chi connectivity index (χ0n) is 8.47. The van der Waals surface area contributed by atoms with E-state index in [1.165, 1.54) is 0 Å². The van der Waals surface area contributed by atoms with Crippen LogP contribution in [-0.4, -0.2) is 24.2 Å². The summed E-state index contributed by atoms with van der Waals surface area (Å²) in [6.45, 7) is 0.920. The molecular weight excluding hydrogens is 212 g/mol. The normalized spacial score (nSPS) is 20.0. The number of hydroxylamine groups is 2. The number of hydrogen-bond donors (Lipinski definition) is 3. The fraction of sp³-hybridized carbons (Fsp3) is 0.300. The molecule has 1 aliphatic rings. The van der Waals surface area contributed by atoms with Crippen LogP contribution < -0.4 is 11.0 Å². The molecule has 0 saturated carbocycles. The second-order valence-electron chi connectivity index (χ2n) is 3.28. The van der Waals surface area contributed by atoms with Gasteiger partial charge in [0.25, 0.3) is 0 Å². The van der Waals surface area contributed by atoms with Crippen molar-refractivity contribution < 1.29 is 19.6 Å². The minimum Gasteiger partial charge on any atom is -0.477 e. The third-order valence-electron chi connectivity index (χ3n) is 2.20. The molecule has 6 heteroatoms. The Bertz CT molecular complexity index is 360. The Morgan fingerprint density at radius 1 is 1.19 bits per heavy atom. The average molecular weight is 224 g/mol. The number of nitrogens with one attached hydrogen (secondary N) is 2. The molecule has 1 aliphatic heterocycles. The lowest BCUT2D eigenvalue weighted by atomic mass is 10.1. The molecule has 1 aromatic carbocycles. The monoisotopic (exact) mass is 224 g/mol. The standard InChI is InChI=1S/C10H12N2O4/c13-9(14)10(8-4-2-1-3-5-8)15-11-6-7-12-16-10/h1-5,11-12H,6-7H2,(H,13,14). The summed E-state index contributed by atoms with van der Waals surface area (Å²) in [5.41, 5.74) is 5.51. The summed E-state index contributed by atoms with van der Waals surface area (Å²) in [7, 11) is 0. The van der Waals surface area contributed by atoms with E-state index in [9.17, 15) is 9.90 Å². The molecule has 1 saturated heterocycles. The highest BCUT2D eigenvalue weighted by Crippen LogP contribution is 2.26. The molecule has 0 bridgehead atoms. The lowest BCUT2D eigenvalue weighted by Gasteiger charge is -2.26. The van der Waals surface area contributed by atoms with E-state index < -0.39 is 11.8 Å². The molecule has 1 fully saturated rings. The summed E-state index contributed by atoms with van der Waals surface area (Å²) in [6, 6.07) is 8.48. The minimum absolute atomic E-state index is 0.407. The third kappa shape index (κ3) is 1.91. The molecule has 1 aromatic rings. The minimum atomic E-state index is -1.85. The van der Waals surface area contributed by atoms with Crippen LogP contribution in [-0.2, 0) is 20.3 Å². The van der Waals surface area contributed by atoms with Crippen LogP contribution >= 0.6 is 0 Å². The summed E-state index contributed by atoms with van der Waals surface area (Å²) < 4.78 is 0. The average Bonchev–Trinajstić information content (AvgIpc) is 2.56. The Labute approximate surface area is 92.1 Å². The van der Waals surface area contributed by atoms with Gasteiger partial charge in [0.05, 0.1) is 0 Å². The Morgan fingerprint density at radius 2 is 1.75 bits per heavy atom. The highest BCUT2D eigenvalue weighted by Gasteiger charge is 2.45. The van der Waals surface area contributed by atoms with Crippen molar-refractivity contribution in [2.45, 2.75) is 5.79 Å². The van der Waals surface area contributed by atoms with Gasteiger partial charge in [-0.3, -0.25) is 0 Å². The molecule has 0 spiro atoms. The first-order valence-electron chi connectivity index (χ1n) is 4.86. The number of benzene rings is 1. The van der Waals surface area contributed by atoms with Crippen LogP contribution in [0.5, 0.6) is 0 Å². The Balaban J connectivity index is 2.38. The molecule has 86 valence electrons. The van der Waals surface area contributed by atoms with E-state index in [-0.39, 0.29) is 0 Å². The van der Waals surface area contributed by atoms with Gasteiger partial charge in [-0.25, -0.2) is 14.5 Å². The quantitative estimate of drug-likeness (QED) is 0.655. The van der Waals surface area contributed by atoms with E-state index in [4.69, 9.17) is 9.68 Å². The molecular formula is C10H12N2O4. The smallest absolute Gasteiger partial charge is 0.372 e. The van der Waals surface area contributed by atoms with Gasteiger partial charge in [-0.05, 0) is 0 Å². The van der Waals surface area contributed by atoms with Crippen molar-refractivity contribution in [3.05, 3.63) is 35.9 Å². The molecule has 0 unspecified atom stereocenters. The summed E-state index contributed by atoms with van der Waals surface area (Å²) >= 11 is 0. The van der Waals surface area contributed by atoms with E-state index in [0.717, 1.165) is 0 Å². The lowest BCUT2D eigenvalue weighted by Crippen LogP contribution is -2.45. The Kier molecular flexibility index (Phi) is 3.16. The first kappa shape index (κ1) is 11.0. The molecule has 0 radical (unpaired) electrons. The van der Waals surface area contributed by atoms with Crippen LogP contribution in [0, 0.1) is 0 Å². The van der Waals surface area contributed by atoms with E-state index in [1.807, 2.05) is 0 Å². The van der Waals surface area contributed by atoms with Gasteiger partial charge in [0.2, 0.25) is 0 Å². The van der Waals surface area contributed by atoms with E-state index >= 15 is 0 Å². The fourth-order valence-electron chi connectivity index (χ4n) is 1.41. The summed E-state index contributed by atoms with van der Waals surface area (Å²) in [4.78, 5) is 21.5. The van der Waals surface area contributed by atoms with Crippen molar-refractivity contribution >= 4 is 5.97 Å². The summed E-state index contributed by atoms with van der Waals surface area (Å²) in [5.74, 6) is -3.07. The number of aliphatic carboxylic acids is 1. The van der Waals surface area contributed by atoms with Crippen molar-refractivity contribution in [1.29, 1.82) is 0 Å². The predicted molar refractivity (Wildman–Crippen MR) is 53.9 cm³/mol. The van der Waals surface area contributed by atoms with Crippen molar-refractivity contribution in [2.75, 3.05) is 13.1 Å². The Hall–Kier alpha value is -1.47. The van der Waals surface area contributed by atoms with Crippen molar-refractivity contribution in [3.63, 3.8) is 0 Å². The van der Waals surface area contributed by atoms with Gasteiger partial charge in [-0.2, -0.15) is 11.0 Å². The number of carboxylic acid groups (broad SMARTS) is 1. The van der Waals surface area contributed by atoms with E-state index in [0.29, 0.717) is 18.7 Å². The molecule has 0 amide bonds. The van der Waals surface area contributed by atoms with Gasteiger partial charge in [0.15, 0.2) is 0 Å². The maximum absolute atomic E-state index is 11.3. The zero-order chi connectivity index (χ0) is 11.4. The SMILES string of the molecule is O=C(O)C1(c2ccccc2)ONCCNO1. The van der Waals surface area contributed by atoms with Gasteiger partial charge >= 0.3 is 11.8 Å². The van der Waals surface area contributed by atoms with Crippen LogP contribution in [0.1, 0.15) is 5.56 Å². The molecule has 3 N–H and O–H groups in total. The van der Waals surface area contributed by atoms with Crippen LogP contribution in [0.25, 0.3) is 0 Å². The second-order valence-corrected chi connectivity index (χ2v) is 3.28. The van der Waals surface area contributed by atoms with Gasteiger partial charge in [-0.1, -0.05) is 30.3 Å². The molecule has 1 heterocycles. The van der Waals surface area contributed by atoms with Crippen molar-refractivity contribution in [3.8, 4) is 0 Å². The van der Waals surface area contributed by atoms with Crippen LogP contribution in [0.2, 0.25) is 0 Å². The maximum atomic E-state index is 11.3. The van der Waals surface area contributed by atoms with Gasteiger partial charge in [-0.15, -0.1) is 0 Å². The Morgan fingerprint density at radius 3 is 2.25 bits per heavy atom. The second kappa shape index (κ2) is 4.58. The van der Waals surface area contributed by atoms with Crippen LogP contribution in [0.15, 0.2) is 30.3 Å². The summed E-state index contributed by atoms with van der Waals surface area (Å²) in [6.07, 6.45) is 0. The fourth-order valence-corrected chi connectivity index (χ4v) is 1.41. The number of rotatable bonds is 2. The number of carbonyl (C=O) groups is 1. The third-order valence-corrected chi connectivity index (χ3v) is 2.20. The van der Waals surface area contributed by atoms with E-state index in [2.05, 4.69) is 11.0 Å². The molecule has 16 heavy (non-hydrogen) atoms. The highest BCUT2D eigenvalue weighted by atomic mass is 16.9. The van der Waals surface area contributed by atoms with Gasteiger partial charge < -0.3 is 5.11 Å². The predicted octanol–water partition coefficient (Wildman–Crippen LogP) is -0.0200. The molecule has 0 aromatic heterocycles. The van der Waals surface area contributed by atoms with Crippen molar-refractivity contribution in [1.82, 2.24) is 11.0 Å². The maximum Gasteiger partial charge on any atom is 0.372 e. The van der Waals surface area contributed by atoms with E-state index in [1.54, 1.807) is 30.3 Å². The first-order chi connectivity index (χ1) is 7.76. The zero-order valence-corrected chi connectivity index (χ0v) is 8.47. The lowest BCUT2D eigenvalue weighted by molar-refractivity contribution is -0.283. The highest BCUT2D eigenvalue weighted by molar-refractivity contribution is 5.77. The van der Waals surface area contributed by atoms with Crippen LogP contribution in [0.4, 0.5) is 0 Å². The number of hydrogen-bond acceptors (Lipinski definition) is 5. The molecule has 0 atom stereocenters. The largest absolute Gasteiger partial charge is 0.477 e.